The maximum atomic E-state index is 11.5. The monoisotopic (exact) mass is 257 g/mol. The molecule has 2 aliphatic rings. The van der Waals surface area contributed by atoms with Crippen molar-refractivity contribution in [2.45, 2.75) is 69.9 Å². The molecule has 1 unspecified atom stereocenters. The highest BCUT2D eigenvalue weighted by Crippen LogP contribution is 2.44. The van der Waals surface area contributed by atoms with Crippen LogP contribution in [-0.2, 0) is 4.74 Å². The van der Waals surface area contributed by atoms with E-state index in [1.165, 1.54) is 0 Å². The second-order valence-electron chi connectivity index (χ2n) is 6.95. The summed E-state index contributed by atoms with van der Waals surface area (Å²) in [7, 11) is 0. The number of nitrogens with one attached hydrogen (secondary N) is 3. The zero-order chi connectivity index (χ0) is 13.8. The topological polar surface area (TPSA) is 82.6 Å². The summed E-state index contributed by atoms with van der Waals surface area (Å²) in [4.78, 5) is 11.5. The summed E-state index contributed by atoms with van der Waals surface area (Å²) in [6.07, 6.45) is 0.531. The first kappa shape index (κ1) is 13.6. The molecule has 0 radical (unpaired) electrons. The minimum absolute atomic E-state index is 0.231. The highest BCUT2D eigenvalue weighted by Gasteiger charge is 2.60. The van der Waals surface area contributed by atoms with Gasteiger partial charge in [0.15, 0.2) is 11.3 Å². The van der Waals surface area contributed by atoms with E-state index in [1.54, 1.807) is 6.92 Å². The third kappa shape index (κ3) is 2.20. The number of carbonyl (C=O) groups is 1. The van der Waals surface area contributed by atoms with Crippen LogP contribution in [0.2, 0.25) is 0 Å². The van der Waals surface area contributed by atoms with Crippen LogP contribution in [0.4, 0.5) is 4.79 Å². The number of hydrogen-bond acceptors (Lipinski definition) is 5. The lowest BCUT2D eigenvalue weighted by Crippen LogP contribution is -2.78. The van der Waals surface area contributed by atoms with Gasteiger partial charge in [-0.3, -0.25) is 5.43 Å². The lowest BCUT2D eigenvalue weighted by atomic mass is 9.68. The van der Waals surface area contributed by atoms with E-state index in [1.807, 2.05) is 27.7 Å². The lowest BCUT2D eigenvalue weighted by Gasteiger charge is -2.58. The fraction of sp³-hybridized carbons (Fsp3) is 0.917. The lowest BCUT2D eigenvalue weighted by molar-refractivity contribution is -0.219. The first-order chi connectivity index (χ1) is 7.97. The second-order valence-corrected chi connectivity index (χ2v) is 6.95. The van der Waals surface area contributed by atoms with Crippen LogP contribution in [-0.4, -0.2) is 33.6 Å². The van der Waals surface area contributed by atoms with E-state index in [4.69, 9.17) is 4.74 Å². The van der Waals surface area contributed by atoms with Gasteiger partial charge in [-0.25, -0.2) is 4.79 Å². The van der Waals surface area contributed by atoms with Crippen LogP contribution in [0.5, 0.6) is 0 Å². The molecule has 2 heterocycles. The molecule has 4 N–H and O–H groups in total. The van der Waals surface area contributed by atoms with E-state index in [0.29, 0.717) is 12.8 Å². The van der Waals surface area contributed by atoms with Gasteiger partial charge < -0.3 is 15.2 Å². The van der Waals surface area contributed by atoms with Gasteiger partial charge in [0.2, 0.25) is 0 Å². The molecule has 0 saturated carbocycles. The van der Waals surface area contributed by atoms with Gasteiger partial charge in [0.1, 0.15) is 0 Å². The van der Waals surface area contributed by atoms with E-state index in [2.05, 4.69) is 16.2 Å². The van der Waals surface area contributed by atoms with Crippen molar-refractivity contribution in [1.29, 1.82) is 0 Å². The van der Waals surface area contributed by atoms with Crippen molar-refractivity contribution < 1.29 is 14.6 Å². The SMILES string of the molecule is CC1(C)CC2(CC(C)(C)N1)OC(=O)NNC2(C)O. The van der Waals surface area contributed by atoms with Crippen LogP contribution in [0.25, 0.3) is 0 Å². The predicted octanol–water partition coefficient (Wildman–Crippen LogP) is 0.619. The molecule has 2 saturated heterocycles. The van der Waals surface area contributed by atoms with Crippen LogP contribution in [0.15, 0.2) is 0 Å². The van der Waals surface area contributed by atoms with E-state index in [9.17, 15) is 9.90 Å². The maximum Gasteiger partial charge on any atom is 0.422 e. The van der Waals surface area contributed by atoms with Crippen molar-refractivity contribution in [2.75, 3.05) is 0 Å². The maximum absolute atomic E-state index is 11.5. The summed E-state index contributed by atoms with van der Waals surface area (Å²) >= 11 is 0. The molecule has 1 atom stereocenters. The largest absolute Gasteiger partial charge is 0.437 e. The Bertz CT molecular complexity index is 361. The number of carbonyl (C=O) groups excluding carboxylic acids is 1. The molecule has 1 spiro atoms. The van der Waals surface area contributed by atoms with Gasteiger partial charge in [0.25, 0.3) is 0 Å². The second kappa shape index (κ2) is 3.59. The minimum atomic E-state index is -1.31. The molecule has 6 heteroatoms. The molecular weight excluding hydrogens is 234 g/mol. The normalized spacial score (nSPS) is 36.9. The van der Waals surface area contributed by atoms with Crippen molar-refractivity contribution in [2.24, 2.45) is 0 Å². The molecular formula is C12H23N3O3. The van der Waals surface area contributed by atoms with Gasteiger partial charge in [-0.05, 0) is 34.6 Å². The number of aliphatic hydroxyl groups is 1. The molecule has 2 rings (SSSR count). The van der Waals surface area contributed by atoms with Gasteiger partial charge >= 0.3 is 6.09 Å². The van der Waals surface area contributed by atoms with Crippen molar-refractivity contribution in [3.63, 3.8) is 0 Å². The van der Waals surface area contributed by atoms with E-state index in [0.717, 1.165) is 0 Å². The number of ether oxygens (including phenoxy) is 1. The van der Waals surface area contributed by atoms with Crippen molar-refractivity contribution in [3.8, 4) is 0 Å². The smallest absolute Gasteiger partial charge is 0.422 e. The van der Waals surface area contributed by atoms with Crippen LogP contribution >= 0.6 is 0 Å². The predicted molar refractivity (Wildman–Crippen MR) is 66.6 cm³/mol. The van der Waals surface area contributed by atoms with Gasteiger partial charge in [-0.1, -0.05) is 0 Å². The Hall–Kier alpha value is -0.850. The summed E-state index contributed by atoms with van der Waals surface area (Å²) in [5.41, 5.74) is 2.26. The Labute approximate surface area is 107 Å². The first-order valence-corrected chi connectivity index (χ1v) is 6.25. The van der Waals surface area contributed by atoms with Crippen LogP contribution in [0.1, 0.15) is 47.5 Å². The standard InChI is InChI=1S/C12H23N3O3/c1-9(2)6-12(7-10(3,4)14-9)11(5,17)15-13-8(16)18-12/h14-15,17H,6-7H2,1-5H3,(H,13,16). The number of hydrogen-bond donors (Lipinski definition) is 4. The highest BCUT2D eigenvalue weighted by atomic mass is 16.6. The fourth-order valence-corrected chi connectivity index (χ4v) is 3.50. The first-order valence-electron chi connectivity index (χ1n) is 6.25. The van der Waals surface area contributed by atoms with Crippen LogP contribution < -0.4 is 16.2 Å². The molecule has 1 amide bonds. The molecule has 0 aromatic carbocycles. The Morgan fingerprint density at radius 2 is 1.61 bits per heavy atom. The van der Waals surface area contributed by atoms with Gasteiger partial charge in [0.05, 0.1) is 0 Å². The molecule has 0 aromatic rings. The quantitative estimate of drug-likeness (QED) is 0.511. The summed E-state index contributed by atoms with van der Waals surface area (Å²) in [6.45, 7) is 9.80. The Kier molecular flexibility index (Phi) is 2.71. The van der Waals surface area contributed by atoms with Gasteiger partial charge in [0, 0.05) is 23.9 Å². The molecule has 104 valence electrons. The summed E-state index contributed by atoms with van der Waals surface area (Å²) in [5, 5.41) is 14.1. The molecule has 0 bridgehead atoms. The summed E-state index contributed by atoms with van der Waals surface area (Å²) in [6, 6.07) is 0. The molecule has 0 aliphatic carbocycles. The minimum Gasteiger partial charge on any atom is -0.437 e. The van der Waals surface area contributed by atoms with Crippen molar-refractivity contribution >= 4 is 6.09 Å². The molecule has 2 fully saturated rings. The third-order valence-electron chi connectivity index (χ3n) is 3.71. The van der Waals surface area contributed by atoms with E-state index >= 15 is 0 Å². The molecule has 2 aliphatic heterocycles. The highest BCUT2D eigenvalue weighted by molar-refractivity contribution is 5.68. The zero-order valence-electron chi connectivity index (χ0n) is 11.7. The fourth-order valence-electron chi connectivity index (χ4n) is 3.50. The van der Waals surface area contributed by atoms with Crippen molar-refractivity contribution in [1.82, 2.24) is 16.2 Å². The van der Waals surface area contributed by atoms with Crippen LogP contribution in [0.3, 0.4) is 0 Å². The summed E-state index contributed by atoms with van der Waals surface area (Å²) < 4.78 is 5.50. The average molecular weight is 257 g/mol. The Balaban J connectivity index is 2.41. The Morgan fingerprint density at radius 1 is 1.11 bits per heavy atom. The van der Waals surface area contributed by atoms with Crippen LogP contribution in [0, 0.1) is 0 Å². The average Bonchev–Trinajstić information content (AvgIpc) is 2.07. The van der Waals surface area contributed by atoms with Gasteiger partial charge in [-0.15, -0.1) is 0 Å². The number of piperidine rings is 1. The number of amides is 1. The zero-order valence-corrected chi connectivity index (χ0v) is 11.7. The summed E-state index contributed by atoms with van der Waals surface area (Å²) in [5.74, 6) is 0. The van der Waals surface area contributed by atoms with Gasteiger partial charge in [-0.2, -0.15) is 5.43 Å². The van der Waals surface area contributed by atoms with Crippen molar-refractivity contribution in [3.05, 3.63) is 0 Å². The molecule has 18 heavy (non-hydrogen) atoms. The Morgan fingerprint density at radius 3 is 2.11 bits per heavy atom. The van der Waals surface area contributed by atoms with E-state index in [-0.39, 0.29) is 11.1 Å². The van der Waals surface area contributed by atoms with E-state index < -0.39 is 17.4 Å². The molecule has 0 aromatic heterocycles. The number of hydrazine groups is 1. The third-order valence-corrected chi connectivity index (χ3v) is 3.71. The molecule has 6 nitrogen and oxygen atoms in total. The number of rotatable bonds is 0.